The average molecular weight is 282 g/mol. The molecule has 0 aromatic heterocycles. The largest absolute Gasteiger partial charge is 0.299 e. The molecular weight excluding hydrogens is 260 g/mol. The topological polar surface area (TPSA) is 40.3 Å². The molecule has 0 atom stereocenters. The molecule has 1 aromatic carbocycles. The maximum absolute atomic E-state index is 4.16. The molecule has 0 radical (unpaired) electrons. The van der Waals surface area contributed by atoms with Crippen LogP contribution in [0.5, 0.6) is 0 Å². The lowest BCUT2D eigenvalue weighted by Crippen LogP contribution is -2.18. The van der Waals surface area contributed by atoms with Gasteiger partial charge in [0.1, 0.15) is 6.34 Å². The SMILES string of the molecule is C=C/C=C(/N=NC=NC)c1ccc(CN2CCCC2)cc1. The van der Waals surface area contributed by atoms with Crippen LogP contribution in [0, 0.1) is 0 Å². The van der Waals surface area contributed by atoms with E-state index in [1.54, 1.807) is 13.1 Å². The van der Waals surface area contributed by atoms with E-state index in [0.717, 1.165) is 17.8 Å². The first-order valence-corrected chi connectivity index (χ1v) is 7.29. The first-order chi connectivity index (χ1) is 10.3. The molecule has 0 bridgehead atoms. The third-order valence-corrected chi connectivity index (χ3v) is 3.46. The number of azo groups is 1. The van der Waals surface area contributed by atoms with Gasteiger partial charge >= 0.3 is 0 Å². The van der Waals surface area contributed by atoms with Gasteiger partial charge in [-0.05, 0) is 37.6 Å². The van der Waals surface area contributed by atoms with Gasteiger partial charge in [0.2, 0.25) is 0 Å². The van der Waals surface area contributed by atoms with Crippen LogP contribution in [0.2, 0.25) is 0 Å². The number of nitrogens with zero attached hydrogens (tertiary/aromatic N) is 4. The lowest BCUT2D eigenvalue weighted by Gasteiger charge is -2.14. The van der Waals surface area contributed by atoms with Gasteiger partial charge in [-0.25, -0.2) is 0 Å². The van der Waals surface area contributed by atoms with Crippen molar-refractivity contribution in [2.45, 2.75) is 19.4 Å². The minimum Gasteiger partial charge on any atom is -0.299 e. The van der Waals surface area contributed by atoms with Gasteiger partial charge in [0.15, 0.2) is 0 Å². The van der Waals surface area contributed by atoms with Crippen molar-refractivity contribution in [3.63, 3.8) is 0 Å². The molecule has 1 fully saturated rings. The molecule has 21 heavy (non-hydrogen) atoms. The normalized spacial score (nSPS) is 17.1. The highest BCUT2D eigenvalue weighted by Gasteiger charge is 2.11. The van der Waals surface area contributed by atoms with Gasteiger partial charge in [-0.15, -0.1) is 10.2 Å². The zero-order valence-electron chi connectivity index (χ0n) is 12.6. The van der Waals surface area contributed by atoms with Crippen molar-refractivity contribution in [3.05, 3.63) is 54.1 Å². The molecule has 1 aliphatic rings. The molecule has 1 aliphatic heterocycles. The summed E-state index contributed by atoms with van der Waals surface area (Å²) in [6.45, 7) is 7.19. The van der Waals surface area contributed by atoms with Crippen LogP contribution in [0.15, 0.2) is 58.2 Å². The molecule has 0 aliphatic carbocycles. The standard InChI is InChI=1S/C17H22N4/c1-3-6-17(20-19-14-18-2)16-9-7-15(8-10-16)13-21-11-4-5-12-21/h3,6-10,14H,1,4-5,11-13H2,2H3/b17-6+,18-14?,20-19?. The van der Waals surface area contributed by atoms with Crippen molar-refractivity contribution in [2.75, 3.05) is 20.1 Å². The number of hydrogen-bond donors (Lipinski definition) is 0. The zero-order valence-corrected chi connectivity index (χ0v) is 12.6. The van der Waals surface area contributed by atoms with E-state index in [1.165, 1.54) is 37.8 Å². The Balaban J connectivity index is 2.07. The third-order valence-electron chi connectivity index (χ3n) is 3.46. The van der Waals surface area contributed by atoms with E-state index in [0.29, 0.717) is 0 Å². The summed E-state index contributed by atoms with van der Waals surface area (Å²) in [6, 6.07) is 8.49. The van der Waals surface area contributed by atoms with Gasteiger partial charge in [0, 0.05) is 19.2 Å². The Morgan fingerprint density at radius 2 is 1.95 bits per heavy atom. The Bertz CT molecular complexity index is 534. The monoisotopic (exact) mass is 282 g/mol. The lowest BCUT2D eigenvalue weighted by molar-refractivity contribution is 0.331. The minimum absolute atomic E-state index is 0.789. The van der Waals surface area contributed by atoms with Crippen molar-refractivity contribution in [1.29, 1.82) is 0 Å². The fraction of sp³-hybridized carbons (Fsp3) is 0.353. The van der Waals surface area contributed by atoms with Gasteiger partial charge in [-0.2, -0.15) is 0 Å². The Kier molecular flexibility index (Phi) is 6.03. The van der Waals surface area contributed by atoms with E-state index < -0.39 is 0 Å². The summed E-state index contributed by atoms with van der Waals surface area (Å²) in [4.78, 5) is 6.28. The lowest BCUT2D eigenvalue weighted by atomic mass is 10.1. The summed E-state index contributed by atoms with van der Waals surface area (Å²) < 4.78 is 0. The number of hydrogen-bond acceptors (Lipinski definition) is 3. The molecule has 0 saturated carbocycles. The Morgan fingerprint density at radius 3 is 2.57 bits per heavy atom. The number of likely N-dealkylation sites (tertiary alicyclic amines) is 1. The molecule has 1 heterocycles. The van der Waals surface area contributed by atoms with Crippen LogP contribution in [0.4, 0.5) is 0 Å². The first-order valence-electron chi connectivity index (χ1n) is 7.29. The van der Waals surface area contributed by atoms with Gasteiger partial charge in [0.05, 0.1) is 5.70 Å². The highest BCUT2D eigenvalue weighted by Crippen LogP contribution is 2.19. The Labute approximate surface area is 126 Å². The molecule has 0 spiro atoms. The van der Waals surface area contributed by atoms with Crippen molar-refractivity contribution >= 4 is 12.0 Å². The summed E-state index contributed by atoms with van der Waals surface area (Å²) in [5.74, 6) is 0. The third kappa shape index (κ3) is 4.76. The zero-order chi connectivity index (χ0) is 14.9. The average Bonchev–Trinajstić information content (AvgIpc) is 3.00. The number of benzene rings is 1. The van der Waals surface area contributed by atoms with Crippen LogP contribution in [-0.4, -0.2) is 31.4 Å². The molecule has 0 N–H and O–H groups in total. The molecule has 1 aromatic rings. The molecule has 4 nitrogen and oxygen atoms in total. The summed E-state index contributed by atoms with van der Waals surface area (Å²) in [5, 5.41) is 8.06. The second-order valence-corrected chi connectivity index (χ2v) is 5.06. The summed E-state index contributed by atoms with van der Waals surface area (Å²) >= 11 is 0. The smallest absolute Gasteiger partial charge is 0.132 e. The van der Waals surface area contributed by atoms with E-state index in [2.05, 4.69) is 51.0 Å². The predicted octanol–water partition coefficient (Wildman–Crippen LogP) is 3.92. The van der Waals surface area contributed by atoms with Gasteiger partial charge in [-0.1, -0.05) is 36.9 Å². The van der Waals surface area contributed by atoms with Crippen LogP contribution >= 0.6 is 0 Å². The Morgan fingerprint density at radius 1 is 1.24 bits per heavy atom. The van der Waals surface area contributed by atoms with Crippen LogP contribution in [0.25, 0.3) is 5.70 Å². The molecule has 1 saturated heterocycles. The summed E-state index contributed by atoms with van der Waals surface area (Å²) in [7, 11) is 1.67. The van der Waals surface area contributed by atoms with E-state index in [9.17, 15) is 0 Å². The highest BCUT2D eigenvalue weighted by molar-refractivity contribution is 5.67. The second-order valence-electron chi connectivity index (χ2n) is 5.06. The van der Waals surface area contributed by atoms with Crippen molar-refractivity contribution in [1.82, 2.24) is 4.90 Å². The van der Waals surface area contributed by atoms with Crippen LogP contribution < -0.4 is 0 Å². The van der Waals surface area contributed by atoms with E-state index in [-0.39, 0.29) is 0 Å². The van der Waals surface area contributed by atoms with E-state index in [4.69, 9.17) is 0 Å². The maximum atomic E-state index is 4.16. The second kappa shape index (κ2) is 8.27. The van der Waals surface area contributed by atoms with E-state index in [1.807, 2.05) is 6.08 Å². The van der Waals surface area contributed by atoms with Crippen molar-refractivity contribution in [3.8, 4) is 0 Å². The fourth-order valence-corrected chi connectivity index (χ4v) is 2.42. The van der Waals surface area contributed by atoms with Crippen molar-refractivity contribution < 1.29 is 0 Å². The maximum Gasteiger partial charge on any atom is 0.132 e. The molecule has 110 valence electrons. The first kappa shape index (κ1) is 15.3. The minimum atomic E-state index is 0.789. The summed E-state index contributed by atoms with van der Waals surface area (Å²) in [6.07, 6.45) is 7.64. The van der Waals surface area contributed by atoms with Gasteiger partial charge in [0.25, 0.3) is 0 Å². The number of allylic oxidation sites excluding steroid dienone is 2. The molecule has 2 rings (SSSR count). The quantitative estimate of drug-likeness (QED) is 0.337. The highest BCUT2D eigenvalue weighted by atomic mass is 15.1. The van der Waals surface area contributed by atoms with Crippen molar-refractivity contribution in [2.24, 2.45) is 15.2 Å². The van der Waals surface area contributed by atoms with Crippen LogP contribution in [0.3, 0.4) is 0 Å². The number of aliphatic imine (C=N–C) groups is 1. The molecule has 4 heteroatoms. The van der Waals surface area contributed by atoms with Gasteiger partial charge < -0.3 is 0 Å². The fourth-order valence-electron chi connectivity index (χ4n) is 2.42. The summed E-state index contributed by atoms with van der Waals surface area (Å²) in [5.41, 5.74) is 3.16. The number of rotatable bonds is 6. The Hall–Kier alpha value is -2.07. The predicted molar refractivity (Wildman–Crippen MR) is 88.4 cm³/mol. The van der Waals surface area contributed by atoms with Crippen LogP contribution in [-0.2, 0) is 6.54 Å². The van der Waals surface area contributed by atoms with Crippen LogP contribution in [0.1, 0.15) is 24.0 Å². The van der Waals surface area contributed by atoms with Gasteiger partial charge in [-0.3, -0.25) is 9.89 Å². The molecule has 0 unspecified atom stereocenters. The molecule has 0 amide bonds. The van der Waals surface area contributed by atoms with E-state index >= 15 is 0 Å². The molecular formula is C17H22N4.